The number of hydrogen-bond donors (Lipinski definition) is 1. The van der Waals surface area contributed by atoms with Crippen LogP contribution in [0.5, 0.6) is 11.5 Å². The number of nitrogens with one attached hydrogen (secondary N) is 1. The van der Waals surface area contributed by atoms with E-state index in [2.05, 4.69) is 5.32 Å². The summed E-state index contributed by atoms with van der Waals surface area (Å²) in [4.78, 5) is 29.7. The predicted octanol–water partition coefficient (Wildman–Crippen LogP) is 4.98. The average Bonchev–Trinajstić information content (AvgIpc) is 3.06. The molecule has 0 saturated carbocycles. The van der Waals surface area contributed by atoms with E-state index in [1.54, 1.807) is 61.7 Å². The molecule has 0 heterocycles. The van der Waals surface area contributed by atoms with Crippen LogP contribution in [0.25, 0.3) is 0 Å². The predicted molar refractivity (Wildman–Crippen MR) is 175 cm³/mol. The smallest absolute Gasteiger partial charge is 0.264 e. The molecule has 45 heavy (non-hydrogen) atoms. The van der Waals surface area contributed by atoms with Crippen molar-refractivity contribution in [3.8, 4) is 11.5 Å². The van der Waals surface area contributed by atoms with E-state index in [4.69, 9.17) is 9.47 Å². The molecule has 0 bridgehead atoms. The molecule has 0 spiro atoms. The lowest BCUT2D eigenvalue weighted by Gasteiger charge is -2.34. The first kappa shape index (κ1) is 33.1. The van der Waals surface area contributed by atoms with Crippen LogP contribution in [-0.2, 0) is 32.6 Å². The number of amides is 2. The number of benzene rings is 4. The zero-order valence-electron chi connectivity index (χ0n) is 26.0. The molecule has 0 fully saturated rings. The Labute approximate surface area is 265 Å². The summed E-state index contributed by atoms with van der Waals surface area (Å²) < 4.78 is 40.5. The summed E-state index contributed by atoms with van der Waals surface area (Å²) in [5, 5.41) is 2.87. The Balaban J connectivity index is 1.84. The molecule has 1 N–H and O–H groups in total. The van der Waals surface area contributed by atoms with Crippen molar-refractivity contribution in [3.05, 3.63) is 120 Å². The van der Waals surface area contributed by atoms with Crippen LogP contribution < -0.4 is 19.1 Å². The van der Waals surface area contributed by atoms with E-state index in [0.29, 0.717) is 12.3 Å². The van der Waals surface area contributed by atoms with Gasteiger partial charge in [0.2, 0.25) is 11.8 Å². The molecule has 4 aromatic rings. The van der Waals surface area contributed by atoms with Gasteiger partial charge >= 0.3 is 0 Å². The van der Waals surface area contributed by atoms with Crippen LogP contribution in [0, 0.1) is 6.92 Å². The van der Waals surface area contributed by atoms with Gasteiger partial charge in [0.1, 0.15) is 24.1 Å². The SMILES string of the molecule is CCNC(=O)[C@H](Cc1ccccc1)N(Cc1cccc(OC)c1)C(=O)CN(c1cc(C)ccc1OC)S(=O)(=O)c1ccccc1. The highest BCUT2D eigenvalue weighted by atomic mass is 32.2. The van der Waals surface area contributed by atoms with Gasteiger partial charge in [-0.25, -0.2) is 8.42 Å². The Kier molecular flexibility index (Phi) is 11.2. The number of likely N-dealkylation sites (N-methyl/N-ethyl adjacent to an activating group) is 1. The molecule has 0 unspecified atom stereocenters. The molecule has 4 rings (SSSR count). The van der Waals surface area contributed by atoms with E-state index in [-0.39, 0.29) is 35.2 Å². The van der Waals surface area contributed by atoms with Crippen molar-refractivity contribution in [3.63, 3.8) is 0 Å². The van der Waals surface area contributed by atoms with Crippen LogP contribution in [0.15, 0.2) is 108 Å². The van der Waals surface area contributed by atoms with Crippen LogP contribution >= 0.6 is 0 Å². The maximum Gasteiger partial charge on any atom is 0.264 e. The zero-order valence-corrected chi connectivity index (χ0v) is 26.8. The van der Waals surface area contributed by atoms with Gasteiger partial charge in [0.15, 0.2) is 0 Å². The quantitative estimate of drug-likeness (QED) is 0.211. The summed E-state index contributed by atoms with van der Waals surface area (Å²) in [6.07, 6.45) is 0.224. The van der Waals surface area contributed by atoms with Gasteiger partial charge in [-0.2, -0.15) is 0 Å². The number of carbonyl (C=O) groups is 2. The Bertz CT molecular complexity index is 1700. The van der Waals surface area contributed by atoms with Crippen LogP contribution in [0.1, 0.15) is 23.6 Å². The van der Waals surface area contributed by atoms with Gasteiger partial charge in [-0.15, -0.1) is 0 Å². The van der Waals surface area contributed by atoms with E-state index in [0.717, 1.165) is 21.0 Å². The van der Waals surface area contributed by atoms with Crippen molar-refractivity contribution < 1.29 is 27.5 Å². The Morgan fingerprint density at radius 2 is 1.49 bits per heavy atom. The third-order valence-electron chi connectivity index (χ3n) is 7.32. The molecular weight excluding hydrogens is 590 g/mol. The molecule has 0 radical (unpaired) electrons. The lowest BCUT2D eigenvalue weighted by Crippen LogP contribution is -2.53. The molecular formula is C35H39N3O6S. The van der Waals surface area contributed by atoms with Gasteiger partial charge in [-0.3, -0.25) is 13.9 Å². The fourth-order valence-corrected chi connectivity index (χ4v) is 6.48. The van der Waals surface area contributed by atoms with E-state index < -0.39 is 28.5 Å². The zero-order chi connectivity index (χ0) is 32.4. The highest BCUT2D eigenvalue weighted by molar-refractivity contribution is 7.92. The highest BCUT2D eigenvalue weighted by Gasteiger charge is 2.35. The van der Waals surface area contributed by atoms with Crippen molar-refractivity contribution in [1.82, 2.24) is 10.2 Å². The molecule has 0 saturated heterocycles. The number of ether oxygens (including phenoxy) is 2. The summed E-state index contributed by atoms with van der Waals surface area (Å²) >= 11 is 0. The number of carbonyl (C=O) groups excluding carboxylic acids is 2. The summed E-state index contributed by atoms with van der Waals surface area (Å²) in [6, 6.07) is 28.8. The maximum atomic E-state index is 14.6. The van der Waals surface area contributed by atoms with Crippen molar-refractivity contribution in [2.75, 3.05) is 31.6 Å². The molecule has 4 aromatic carbocycles. The first-order valence-electron chi connectivity index (χ1n) is 14.6. The van der Waals surface area contributed by atoms with E-state index in [1.165, 1.54) is 24.1 Å². The van der Waals surface area contributed by atoms with E-state index in [1.807, 2.05) is 50.2 Å². The topological polar surface area (TPSA) is 105 Å². The minimum Gasteiger partial charge on any atom is -0.497 e. The third kappa shape index (κ3) is 8.21. The van der Waals surface area contributed by atoms with Gasteiger partial charge in [0, 0.05) is 19.5 Å². The van der Waals surface area contributed by atoms with Gasteiger partial charge < -0.3 is 19.7 Å². The Morgan fingerprint density at radius 3 is 2.13 bits per heavy atom. The summed E-state index contributed by atoms with van der Waals surface area (Å²) in [6.45, 7) is 3.46. The fourth-order valence-electron chi connectivity index (χ4n) is 5.04. The molecule has 1 atom stereocenters. The standard InChI is InChI=1S/C35H39N3O6S/c1-5-36-35(40)32(23-27-13-8-6-9-14-27)37(24-28-15-12-16-29(22-28)43-3)34(39)25-38(31-21-26(2)19-20-33(31)44-4)45(41,42)30-17-10-7-11-18-30/h6-22,32H,5,23-25H2,1-4H3,(H,36,40)/t32-/m0/s1. The molecule has 9 nitrogen and oxygen atoms in total. The van der Waals surface area contributed by atoms with Crippen LogP contribution in [0.2, 0.25) is 0 Å². The van der Waals surface area contributed by atoms with Gasteiger partial charge in [-0.1, -0.05) is 66.7 Å². The van der Waals surface area contributed by atoms with Crippen molar-refractivity contribution in [2.24, 2.45) is 0 Å². The van der Waals surface area contributed by atoms with E-state index >= 15 is 0 Å². The monoisotopic (exact) mass is 629 g/mol. The van der Waals surface area contributed by atoms with Gasteiger partial charge in [0.25, 0.3) is 10.0 Å². The second-order valence-corrected chi connectivity index (χ2v) is 12.3. The highest BCUT2D eigenvalue weighted by Crippen LogP contribution is 2.34. The van der Waals surface area contributed by atoms with Crippen molar-refractivity contribution in [1.29, 1.82) is 0 Å². The molecule has 236 valence electrons. The summed E-state index contributed by atoms with van der Waals surface area (Å²) in [5.74, 6) is -0.0246. The second-order valence-electron chi connectivity index (χ2n) is 10.5. The van der Waals surface area contributed by atoms with Crippen molar-refractivity contribution >= 4 is 27.5 Å². The fraction of sp³-hybridized carbons (Fsp3) is 0.257. The molecule has 0 aliphatic heterocycles. The number of nitrogens with zero attached hydrogens (tertiary/aromatic N) is 2. The molecule has 10 heteroatoms. The van der Waals surface area contributed by atoms with E-state index in [9.17, 15) is 18.0 Å². The number of sulfonamides is 1. The summed E-state index contributed by atoms with van der Waals surface area (Å²) in [5.41, 5.74) is 2.57. The lowest BCUT2D eigenvalue weighted by atomic mass is 10.0. The molecule has 0 aliphatic carbocycles. The number of rotatable bonds is 14. The first-order valence-corrected chi connectivity index (χ1v) is 16.1. The number of aryl methyl sites for hydroxylation is 1. The van der Waals surface area contributed by atoms with Gasteiger partial charge in [0.05, 0.1) is 24.8 Å². The number of methoxy groups -OCH3 is 2. The van der Waals surface area contributed by atoms with Crippen LogP contribution in [0.3, 0.4) is 0 Å². The Morgan fingerprint density at radius 1 is 0.822 bits per heavy atom. The molecule has 0 aromatic heterocycles. The second kappa shape index (κ2) is 15.3. The minimum absolute atomic E-state index is 0.0188. The molecule has 2 amide bonds. The molecule has 0 aliphatic rings. The summed E-state index contributed by atoms with van der Waals surface area (Å²) in [7, 11) is -1.25. The average molecular weight is 630 g/mol. The normalized spacial score (nSPS) is 11.7. The number of anilines is 1. The van der Waals surface area contributed by atoms with Crippen LogP contribution in [0.4, 0.5) is 5.69 Å². The van der Waals surface area contributed by atoms with Crippen molar-refractivity contribution in [2.45, 2.75) is 37.8 Å². The van der Waals surface area contributed by atoms with Gasteiger partial charge in [-0.05, 0) is 66.9 Å². The third-order valence-corrected chi connectivity index (χ3v) is 9.10. The largest absolute Gasteiger partial charge is 0.497 e. The first-order chi connectivity index (χ1) is 21.7. The lowest BCUT2D eigenvalue weighted by molar-refractivity contribution is -0.140. The van der Waals surface area contributed by atoms with Crippen LogP contribution in [-0.4, -0.2) is 58.5 Å². The Hall–Kier alpha value is -4.83. The minimum atomic E-state index is -4.25. The maximum absolute atomic E-state index is 14.6. The number of hydrogen-bond acceptors (Lipinski definition) is 6.